The molecule has 0 saturated heterocycles. The average molecular weight is 312 g/mol. The molecule has 0 bridgehead atoms. The van der Waals surface area contributed by atoms with Crippen LogP contribution in [0, 0.1) is 6.92 Å². The van der Waals surface area contributed by atoms with Gasteiger partial charge in [-0.25, -0.2) is 0 Å². The number of unbranched alkanes of at least 4 members (excludes halogenated alkanes) is 2. The maximum atomic E-state index is 12.1. The van der Waals surface area contributed by atoms with Crippen molar-refractivity contribution in [2.24, 2.45) is 7.05 Å². The number of rotatable bonds is 8. The van der Waals surface area contributed by atoms with E-state index in [1.165, 1.54) is 12.8 Å². The molecule has 0 aliphatic carbocycles. The Labute approximate surface area is 137 Å². The summed E-state index contributed by atoms with van der Waals surface area (Å²) in [6.45, 7) is 4.80. The standard InChI is InChI=1S/C19H24N2O2/c1-4-5-6-13-23-17-10-7-16(8-11-17)9-12-19(22)18-14-15(2)20-21(18)3/h7-12,14H,4-6,13H2,1-3H3/b12-9+. The van der Waals surface area contributed by atoms with Crippen molar-refractivity contribution in [3.8, 4) is 5.75 Å². The van der Waals surface area contributed by atoms with Gasteiger partial charge in [0.2, 0.25) is 5.78 Å². The first-order chi connectivity index (χ1) is 11.1. The van der Waals surface area contributed by atoms with Crippen LogP contribution in [-0.4, -0.2) is 22.2 Å². The second-order valence-electron chi connectivity index (χ2n) is 5.62. The van der Waals surface area contributed by atoms with Crippen LogP contribution in [0.2, 0.25) is 0 Å². The smallest absolute Gasteiger partial charge is 0.203 e. The number of aryl methyl sites for hydroxylation is 2. The highest BCUT2D eigenvalue weighted by molar-refractivity contribution is 6.05. The minimum Gasteiger partial charge on any atom is -0.494 e. The van der Waals surface area contributed by atoms with Gasteiger partial charge in [-0.05, 0) is 43.2 Å². The molecule has 4 nitrogen and oxygen atoms in total. The predicted octanol–water partition coefficient (Wildman–Crippen LogP) is 4.19. The van der Waals surface area contributed by atoms with Crippen molar-refractivity contribution in [3.63, 3.8) is 0 Å². The van der Waals surface area contributed by atoms with Gasteiger partial charge >= 0.3 is 0 Å². The fourth-order valence-corrected chi connectivity index (χ4v) is 2.32. The third-order valence-corrected chi connectivity index (χ3v) is 3.58. The number of benzene rings is 1. The highest BCUT2D eigenvalue weighted by Gasteiger charge is 2.08. The van der Waals surface area contributed by atoms with Crippen LogP contribution in [0.25, 0.3) is 6.08 Å². The van der Waals surface area contributed by atoms with Crippen molar-refractivity contribution >= 4 is 11.9 Å². The highest BCUT2D eigenvalue weighted by atomic mass is 16.5. The third-order valence-electron chi connectivity index (χ3n) is 3.58. The molecule has 2 aromatic rings. The number of ether oxygens (including phenoxy) is 1. The number of nitrogens with zero attached hydrogens (tertiary/aromatic N) is 2. The fraction of sp³-hybridized carbons (Fsp3) is 0.368. The molecule has 0 spiro atoms. The number of carbonyl (C=O) groups is 1. The summed E-state index contributed by atoms with van der Waals surface area (Å²) in [5, 5.41) is 4.19. The monoisotopic (exact) mass is 312 g/mol. The zero-order chi connectivity index (χ0) is 16.7. The molecule has 2 rings (SSSR count). The van der Waals surface area contributed by atoms with E-state index in [1.807, 2.05) is 37.3 Å². The van der Waals surface area contributed by atoms with Crippen molar-refractivity contribution in [2.45, 2.75) is 33.1 Å². The molecule has 1 aromatic carbocycles. The lowest BCUT2D eigenvalue weighted by Crippen LogP contribution is -2.03. The molecular formula is C19H24N2O2. The maximum Gasteiger partial charge on any atom is 0.203 e. The normalized spacial score (nSPS) is 11.1. The Kier molecular flexibility index (Phi) is 6.15. The Morgan fingerprint density at radius 3 is 2.61 bits per heavy atom. The summed E-state index contributed by atoms with van der Waals surface area (Å²) < 4.78 is 7.28. The summed E-state index contributed by atoms with van der Waals surface area (Å²) >= 11 is 0. The summed E-state index contributed by atoms with van der Waals surface area (Å²) in [4.78, 5) is 12.1. The zero-order valence-electron chi connectivity index (χ0n) is 14.1. The van der Waals surface area contributed by atoms with Crippen molar-refractivity contribution in [2.75, 3.05) is 6.61 Å². The van der Waals surface area contributed by atoms with Crippen LogP contribution in [0.15, 0.2) is 36.4 Å². The van der Waals surface area contributed by atoms with E-state index in [1.54, 1.807) is 23.9 Å². The molecule has 1 heterocycles. The van der Waals surface area contributed by atoms with Crippen LogP contribution in [0.4, 0.5) is 0 Å². The van der Waals surface area contributed by atoms with Crippen LogP contribution < -0.4 is 4.74 Å². The molecular weight excluding hydrogens is 288 g/mol. The van der Waals surface area contributed by atoms with Gasteiger partial charge in [0.25, 0.3) is 0 Å². The number of hydrogen-bond donors (Lipinski definition) is 0. The van der Waals surface area contributed by atoms with Gasteiger partial charge in [-0.15, -0.1) is 0 Å². The second kappa shape index (κ2) is 8.32. The number of allylic oxidation sites excluding steroid dienone is 1. The van der Waals surface area contributed by atoms with Gasteiger partial charge in [0.05, 0.1) is 12.3 Å². The van der Waals surface area contributed by atoms with Gasteiger partial charge in [0.15, 0.2) is 0 Å². The van der Waals surface area contributed by atoms with E-state index >= 15 is 0 Å². The summed E-state index contributed by atoms with van der Waals surface area (Å²) in [5.74, 6) is 0.819. The van der Waals surface area contributed by atoms with E-state index in [4.69, 9.17) is 4.74 Å². The van der Waals surface area contributed by atoms with E-state index < -0.39 is 0 Å². The molecule has 0 aliphatic rings. The number of carbonyl (C=O) groups excluding carboxylic acids is 1. The van der Waals surface area contributed by atoms with Crippen LogP contribution in [-0.2, 0) is 7.05 Å². The Bertz CT molecular complexity index is 669. The summed E-state index contributed by atoms with van der Waals surface area (Å²) in [7, 11) is 1.78. The van der Waals surface area contributed by atoms with Gasteiger partial charge in [-0.1, -0.05) is 38.0 Å². The summed E-state index contributed by atoms with van der Waals surface area (Å²) in [6, 6.07) is 9.56. The second-order valence-corrected chi connectivity index (χ2v) is 5.62. The average Bonchev–Trinajstić information content (AvgIpc) is 2.89. The molecule has 0 aliphatic heterocycles. The molecule has 0 atom stereocenters. The van der Waals surface area contributed by atoms with Crippen molar-refractivity contribution in [1.29, 1.82) is 0 Å². The largest absolute Gasteiger partial charge is 0.494 e. The van der Waals surface area contributed by atoms with Crippen LogP contribution >= 0.6 is 0 Å². The molecule has 0 unspecified atom stereocenters. The SMILES string of the molecule is CCCCCOc1ccc(/C=C/C(=O)c2cc(C)nn2C)cc1. The van der Waals surface area contributed by atoms with Crippen molar-refractivity contribution < 1.29 is 9.53 Å². The zero-order valence-corrected chi connectivity index (χ0v) is 14.1. The Morgan fingerprint density at radius 2 is 2.00 bits per heavy atom. The lowest BCUT2D eigenvalue weighted by Gasteiger charge is -2.05. The Balaban J connectivity index is 1.92. The molecule has 0 saturated carbocycles. The minimum atomic E-state index is -0.0482. The predicted molar refractivity (Wildman–Crippen MR) is 92.8 cm³/mol. The Hall–Kier alpha value is -2.36. The van der Waals surface area contributed by atoms with E-state index in [9.17, 15) is 4.79 Å². The van der Waals surface area contributed by atoms with Gasteiger partial charge in [0, 0.05) is 7.05 Å². The highest BCUT2D eigenvalue weighted by Crippen LogP contribution is 2.14. The van der Waals surface area contributed by atoms with E-state index in [-0.39, 0.29) is 5.78 Å². The first-order valence-corrected chi connectivity index (χ1v) is 8.06. The maximum absolute atomic E-state index is 12.1. The lowest BCUT2D eigenvalue weighted by atomic mass is 10.1. The first-order valence-electron chi connectivity index (χ1n) is 8.06. The van der Waals surface area contributed by atoms with E-state index in [0.717, 1.165) is 30.0 Å². The van der Waals surface area contributed by atoms with Gasteiger partial charge in [0.1, 0.15) is 11.4 Å². The van der Waals surface area contributed by atoms with Gasteiger partial charge < -0.3 is 4.74 Å². The van der Waals surface area contributed by atoms with E-state index in [0.29, 0.717) is 5.69 Å². The molecule has 0 amide bonds. The van der Waals surface area contributed by atoms with Crippen molar-refractivity contribution in [1.82, 2.24) is 9.78 Å². The van der Waals surface area contributed by atoms with E-state index in [2.05, 4.69) is 12.0 Å². The van der Waals surface area contributed by atoms with Gasteiger partial charge in [-0.3, -0.25) is 9.48 Å². The summed E-state index contributed by atoms with van der Waals surface area (Å²) in [6.07, 6.45) is 6.85. The molecule has 4 heteroatoms. The molecule has 1 aromatic heterocycles. The van der Waals surface area contributed by atoms with Crippen LogP contribution in [0.5, 0.6) is 5.75 Å². The number of aromatic nitrogens is 2. The van der Waals surface area contributed by atoms with Crippen LogP contribution in [0.1, 0.15) is 47.9 Å². The minimum absolute atomic E-state index is 0.0482. The molecule has 23 heavy (non-hydrogen) atoms. The molecule has 122 valence electrons. The third kappa shape index (κ3) is 5.09. The number of ketones is 1. The van der Waals surface area contributed by atoms with Gasteiger partial charge in [-0.2, -0.15) is 5.10 Å². The molecule has 0 fully saturated rings. The molecule has 0 radical (unpaired) electrons. The topological polar surface area (TPSA) is 44.1 Å². The Morgan fingerprint density at radius 1 is 1.26 bits per heavy atom. The fourth-order valence-electron chi connectivity index (χ4n) is 2.32. The van der Waals surface area contributed by atoms with Crippen molar-refractivity contribution in [3.05, 3.63) is 53.4 Å². The first kappa shape index (κ1) is 17.0. The van der Waals surface area contributed by atoms with Crippen LogP contribution in [0.3, 0.4) is 0 Å². The lowest BCUT2D eigenvalue weighted by molar-refractivity contribution is 0.103. The number of hydrogen-bond acceptors (Lipinski definition) is 3. The summed E-state index contributed by atoms with van der Waals surface area (Å²) in [5.41, 5.74) is 2.40. The quantitative estimate of drug-likeness (QED) is 0.417. The molecule has 0 N–H and O–H groups in total.